The van der Waals surface area contributed by atoms with Crippen molar-refractivity contribution in [1.82, 2.24) is 4.90 Å². The molecule has 2 aromatic carbocycles. The molecular formula is C22H23NO4. The lowest BCUT2D eigenvalue weighted by Crippen LogP contribution is -2.39. The summed E-state index contributed by atoms with van der Waals surface area (Å²) in [5.41, 5.74) is 2.43. The van der Waals surface area contributed by atoms with Crippen LogP contribution >= 0.6 is 0 Å². The zero-order valence-electron chi connectivity index (χ0n) is 15.4. The number of carbonyl (C=O) groups excluding carboxylic acids is 2. The molecule has 1 aliphatic rings. The molecule has 1 heterocycles. The highest BCUT2D eigenvalue weighted by Gasteiger charge is 2.27. The molecule has 1 amide bonds. The molecule has 1 aliphatic heterocycles. The maximum Gasteiger partial charge on any atom is 0.303 e. The number of amides is 1. The Morgan fingerprint density at radius 1 is 0.963 bits per heavy atom. The van der Waals surface area contributed by atoms with Gasteiger partial charge in [-0.3, -0.25) is 14.4 Å². The topological polar surface area (TPSA) is 74.7 Å². The molecule has 0 saturated carbocycles. The molecule has 140 valence electrons. The van der Waals surface area contributed by atoms with E-state index in [-0.39, 0.29) is 24.0 Å². The smallest absolute Gasteiger partial charge is 0.303 e. The second-order valence-corrected chi connectivity index (χ2v) is 7.07. The number of carboxylic acid groups (broad SMARTS) is 1. The number of hydrogen-bond donors (Lipinski definition) is 1. The molecule has 0 spiro atoms. The Labute approximate surface area is 158 Å². The quantitative estimate of drug-likeness (QED) is 0.822. The normalized spacial score (nSPS) is 14.8. The van der Waals surface area contributed by atoms with E-state index >= 15 is 0 Å². The Kier molecular flexibility index (Phi) is 5.69. The van der Waals surface area contributed by atoms with Crippen LogP contribution in [0.25, 0.3) is 0 Å². The largest absolute Gasteiger partial charge is 0.481 e. The van der Waals surface area contributed by atoms with Crippen LogP contribution in [0, 0.1) is 12.8 Å². The fourth-order valence-corrected chi connectivity index (χ4v) is 3.49. The van der Waals surface area contributed by atoms with Crippen molar-refractivity contribution in [3.05, 3.63) is 70.8 Å². The van der Waals surface area contributed by atoms with Crippen LogP contribution in [-0.4, -0.2) is 40.8 Å². The molecule has 0 aliphatic carbocycles. The summed E-state index contributed by atoms with van der Waals surface area (Å²) in [4.78, 5) is 38.5. The molecule has 0 unspecified atom stereocenters. The van der Waals surface area contributed by atoms with E-state index in [1.807, 2.05) is 19.1 Å². The van der Waals surface area contributed by atoms with E-state index in [4.69, 9.17) is 5.11 Å². The molecule has 1 N–H and O–H groups in total. The highest BCUT2D eigenvalue weighted by molar-refractivity contribution is 6.15. The molecule has 0 aromatic heterocycles. The van der Waals surface area contributed by atoms with Crippen molar-refractivity contribution in [2.75, 3.05) is 13.1 Å². The Morgan fingerprint density at radius 3 is 2.15 bits per heavy atom. The van der Waals surface area contributed by atoms with Crippen molar-refractivity contribution >= 4 is 17.7 Å². The third kappa shape index (κ3) is 4.42. The minimum absolute atomic E-state index is 0.107. The van der Waals surface area contributed by atoms with Crippen LogP contribution in [0.15, 0.2) is 48.5 Å². The molecule has 5 nitrogen and oxygen atoms in total. The van der Waals surface area contributed by atoms with Gasteiger partial charge in [-0.15, -0.1) is 0 Å². The number of hydrogen-bond acceptors (Lipinski definition) is 3. The number of nitrogens with zero attached hydrogens (tertiary/aromatic N) is 1. The maximum atomic E-state index is 13.0. The zero-order chi connectivity index (χ0) is 19.4. The monoisotopic (exact) mass is 365 g/mol. The minimum Gasteiger partial charge on any atom is -0.481 e. The molecular weight excluding hydrogens is 342 g/mol. The Balaban J connectivity index is 1.77. The summed E-state index contributed by atoms with van der Waals surface area (Å²) < 4.78 is 0. The Bertz CT molecular complexity index is 849. The Hall–Kier alpha value is -2.95. The van der Waals surface area contributed by atoms with Gasteiger partial charge in [0.15, 0.2) is 5.78 Å². The summed E-state index contributed by atoms with van der Waals surface area (Å²) in [5, 5.41) is 8.92. The SMILES string of the molecule is Cc1ccc(C(=O)c2ccccc2C(=O)N2CCC(CC(=O)O)CC2)cc1. The van der Waals surface area contributed by atoms with Crippen LogP contribution in [0.4, 0.5) is 0 Å². The molecule has 0 radical (unpaired) electrons. The van der Waals surface area contributed by atoms with E-state index in [1.165, 1.54) is 0 Å². The van der Waals surface area contributed by atoms with Crippen molar-refractivity contribution < 1.29 is 19.5 Å². The number of rotatable bonds is 5. The van der Waals surface area contributed by atoms with Gasteiger partial charge >= 0.3 is 5.97 Å². The number of carboxylic acids is 1. The van der Waals surface area contributed by atoms with Crippen molar-refractivity contribution in [2.24, 2.45) is 5.92 Å². The molecule has 3 rings (SSSR count). The lowest BCUT2D eigenvalue weighted by Gasteiger charge is -2.31. The van der Waals surface area contributed by atoms with Crippen LogP contribution in [0.5, 0.6) is 0 Å². The number of carbonyl (C=O) groups is 3. The molecule has 1 saturated heterocycles. The summed E-state index contributed by atoms with van der Waals surface area (Å²) >= 11 is 0. The molecule has 0 bridgehead atoms. The number of ketones is 1. The van der Waals surface area contributed by atoms with E-state index in [1.54, 1.807) is 41.3 Å². The van der Waals surface area contributed by atoms with Crippen molar-refractivity contribution in [2.45, 2.75) is 26.2 Å². The van der Waals surface area contributed by atoms with Crippen LogP contribution < -0.4 is 0 Å². The van der Waals surface area contributed by atoms with E-state index < -0.39 is 5.97 Å². The van der Waals surface area contributed by atoms with Crippen molar-refractivity contribution in [1.29, 1.82) is 0 Å². The van der Waals surface area contributed by atoms with E-state index in [9.17, 15) is 14.4 Å². The van der Waals surface area contributed by atoms with Gasteiger partial charge in [-0.25, -0.2) is 0 Å². The fourth-order valence-electron chi connectivity index (χ4n) is 3.49. The summed E-state index contributed by atoms with van der Waals surface area (Å²) in [6, 6.07) is 14.2. The van der Waals surface area contributed by atoms with Crippen LogP contribution in [0.2, 0.25) is 0 Å². The fraction of sp³-hybridized carbons (Fsp3) is 0.318. The van der Waals surface area contributed by atoms with Gasteiger partial charge < -0.3 is 10.0 Å². The second kappa shape index (κ2) is 8.16. The summed E-state index contributed by atoms with van der Waals surface area (Å²) in [7, 11) is 0. The summed E-state index contributed by atoms with van der Waals surface area (Å²) in [5.74, 6) is -1.02. The number of benzene rings is 2. The first-order valence-corrected chi connectivity index (χ1v) is 9.17. The van der Waals surface area contributed by atoms with Gasteiger partial charge in [0.1, 0.15) is 0 Å². The zero-order valence-corrected chi connectivity index (χ0v) is 15.4. The standard InChI is InChI=1S/C22H23NO4/c1-15-6-8-17(9-7-15)21(26)18-4-2-3-5-19(18)22(27)23-12-10-16(11-13-23)14-20(24)25/h2-9,16H,10-14H2,1H3,(H,24,25). The van der Waals surface area contributed by atoms with E-state index in [2.05, 4.69) is 0 Å². The highest BCUT2D eigenvalue weighted by atomic mass is 16.4. The summed E-state index contributed by atoms with van der Waals surface area (Å²) in [6.07, 6.45) is 1.49. The third-order valence-corrected chi connectivity index (χ3v) is 5.08. The number of aryl methyl sites for hydroxylation is 1. The van der Waals surface area contributed by atoms with E-state index in [0.717, 1.165) is 5.56 Å². The number of likely N-dealkylation sites (tertiary alicyclic amines) is 1. The maximum absolute atomic E-state index is 13.0. The van der Waals surface area contributed by atoms with E-state index in [0.29, 0.717) is 42.6 Å². The molecule has 27 heavy (non-hydrogen) atoms. The lowest BCUT2D eigenvalue weighted by atomic mass is 9.92. The first-order chi connectivity index (χ1) is 13.0. The van der Waals surface area contributed by atoms with Gasteiger partial charge in [0.25, 0.3) is 5.91 Å². The second-order valence-electron chi connectivity index (χ2n) is 7.07. The molecule has 2 aromatic rings. The number of aliphatic carboxylic acids is 1. The predicted molar refractivity (Wildman–Crippen MR) is 102 cm³/mol. The minimum atomic E-state index is -0.797. The van der Waals surface area contributed by atoms with Gasteiger partial charge in [0, 0.05) is 30.6 Å². The van der Waals surface area contributed by atoms with Crippen molar-refractivity contribution in [3.8, 4) is 0 Å². The first-order valence-electron chi connectivity index (χ1n) is 9.17. The number of piperidine rings is 1. The predicted octanol–water partition coefficient (Wildman–Crippen LogP) is 3.55. The highest BCUT2D eigenvalue weighted by Crippen LogP contribution is 2.23. The van der Waals surface area contributed by atoms with Gasteiger partial charge in [0.2, 0.25) is 0 Å². The van der Waals surface area contributed by atoms with Gasteiger partial charge in [-0.2, -0.15) is 0 Å². The van der Waals surface area contributed by atoms with Gasteiger partial charge in [-0.1, -0.05) is 48.0 Å². The van der Waals surface area contributed by atoms with Crippen LogP contribution in [-0.2, 0) is 4.79 Å². The van der Waals surface area contributed by atoms with Gasteiger partial charge in [0.05, 0.1) is 5.56 Å². The molecule has 0 atom stereocenters. The third-order valence-electron chi connectivity index (χ3n) is 5.08. The lowest BCUT2D eigenvalue weighted by molar-refractivity contribution is -0.138. The van der Waals surface area contributed by atoms with Crippen molar-refractivity contribution in [3.63, 3.8) is 0 Å². The Morgan fingerprint density at radius 2 is 1.56 bits per heavy atom. The molecule has 1 fully saturated rings. The molecule has 5 heteroatoms. The van der Waals surface area contributed by atoms with Gasteiger partial charge in [-0.05, 0) is 31.7 Å². The summed E-state index contributed by atoms with van der Waals surface area (Å²) in [6.45, 7) is 2.99. The first kappa shape index (κ1) is 18.8. The van der Waals surface area contributed by atoms with Crippen LogP contribution in [0.1, 0.15) is 51.1 Å². The average molecular weight is 365 g/mol. The average Bonchev–Trinajstić information content (AvgIpc) is 2.67. The van der Waals surface area contributed by atoms with Crippen LogP contribution in [0.3, 0.4) is 0 Å².